The molecule has 8 nitrogen and oxygen atoms in total. The van der Waals surface area contributed by atoms with E-state index in [0.717, 1.165) is 22.3 Å². The van der Waals surface area contributed by atoms with Gasteiger partial charge in [-0.25, -0.2) is 9.97 Å². The third-order valence-electron chi connectivity index (χ3n) is 4.65. The minimum Gasteiger partial charge on any atom is -0.363 e. The van der Waals surface area contributed by atoms with Gasteiger partial charge in [0, 0.05) is 52.4 Å². The molecule has 4 heterocycles. The molecule has 0 aliphatic carbocycles. The maximum absolute atomic E-state index is 12.8. The van der Waals surface area contributed by atoms with Gasteiger partial charge in [0.25, 0.3) is 5.91 Å². The zero-order valence-corrected chi connectivity index (χ0v) is 16.9. The molecule has 0 aromatic carbocycles. The molecule has 28 heavy (non-hydrogen) atoms. The molecule has 9 heteroatoms. The van der Waals surface area contributed by atoms with Gasteiger partial charge < -0.3 is 19.2 Å². The van der Waals surface area contributed by atoms with Gasteiger partial charge in [-0.05, 0) is 18.4 Å². The lowest BCUT2D eigenvalue weighted by Gasteiger charge is -2.35. The fourth-order valence-corrected chi connectivity index (χ4v) is 3.81. The van der Waals surface area contributed by atoms with Crippen molar-refractivity contribution in [1.29, 1.82) is 0 Å². The summed E-state index contributed by atoms with van der Waals surface area (Å²) >= 11 is 1.56. The number of carbonyl (C=O) groups is 1. The number of piperazine rings is 1. The van der Waals surface area contributed by atoms with Crippen molar-refractivity contribution in [2.24, 2.45) is 0 Å². The molecule has 4 rings (SSSR count). The molecule has 146 valence electrons. The lowest BCUT2D eigenvalue weighted by molar-refractivity contribution is 0.0736. The van der Waals surface area contributed by atoms with Crippen LogP contribution in [0.2, 0.25) is 0 Å². The number of amides is 1. The van der Waals surface area contributed by atoms with E-state index < -0.39 is 0 Å². The average molecular weight is 398 g/mol. The van der Waals surface area contributed by atoms with Crippen molar-refractivity contribution >= 4 is 28.9 Å². The van der Waals surface area contributed by atoms with Gasteiger partial charge in [-0.1, -0.05) is 11.2 Å². The summed E-state index contributed by atoms with van der Waals surface area (Å²) < 4.78 is 5.34. The lowest BCUT2D eigenvalue weighted by atomic mass is 10.2. The van der Waals surface area contributed by atoms with E-state index in [0.29, 0.717) is 37.6 Å². The fourth-order valence-electron chi connectivity index (χ4n) is 3.14. The highest BCUT2D eigenvalue weighted by molar-refractivity contribution is 7.13. The highest BCUT2D eigenvalue weighted by atomic mass is 32.1. The standard InChI is InChI=1S/C19H22N6O2S/c1-13-20-17(23(2)3)12-18(21-13)24-6-8-25(9-7-24)19(26)14-11-15(27-22-14)16-5-4-10-28-16/h4-5,10-12H,6-9H2,1-3H3. The zero-order valence-electron chi connectivity index (χ0n) is 16.1. The summed E-state index contributed by atoms with van der Waals surface area (Å²) in [6.07, 6.45) is 0. The number of carbonyl (C=O) groups excluding carboxylic acids is 1. The monoisotopic (exact) mass is 398 g/mol. The Balaban J connectivity index is 1.42. The first kappa shape index (κ1) is 18.4. The highest BCUT2D eigenvalue weighted by Gasteiger charge is 2.26. The smallest absolute Gasteiger partial charge is 0.276 e. The average Bonchev–Trinajstić information content (AvgIpc) is 3.38. The van der Waals surface area contributed by atoms with Gasteiger partial charge in [-0.3, -0.25) is 4.79 Å². The number of hydrogen-bond donors (Lipinski definition) is 0. The van der Waals surface area contributed by atoms with Crippen LogP contribution in [-0.4, -0.2) is 66.2 Å². The molecule has 0 atom stereocenters. The Hall–Kier alpha value is -2.94. The zero-order chi connectivity index (χ0) is 19.7. The van der Waals surface area contributed by atoms with Crippen LogP contribution in [0.3, 0.4) is 0 Å². The molecule has 0 radical (unpaired) electrons. The van der Waals surface area contributed by atoms with Crippen molar-refractivity contribution in [2.75, 3.05) is 50.1 Å². The molecule has 0 N–H and O–H groups in total. The normalized spacial score (nSPS) is 14.4. The molecule has 0 bridgehead atoms. The van der Waals surface area contributed by atoms with Crippen LogP contribution in [0.5, 0.6) is 0 Å². The second-order valence-corrected chi connectivity index (χ2v) is 7.81. The van der Waals surface area contributed by atoms with Crippen LogP contribution in [0.4, 0.5) is 11.6 Å². The third kappa shape index (κ3) is 3.70. The first-order chi connectivity index (χ1) is 13.5. The van der Waals surface area contributed by atoms with E-state index >= 15 is 0 Å². The Morgan fingerprint density at radius 3 is 2.64 bits per heavy atom. The number of aryl methyl sites for hydroxylation is 1. The summed E-state index contributed by atoms with van der Waals surface area (Å²) in [6.45, 7) is 4.54. The topological polar surface area (TPSA) is 78.6 Å². The van der Waals surface area contributed by atoms with Crippen LogP contribution in [0.15, 0.2) is 34.2 Å². The SMILES string of the molecule is Cc1nc(N(C)C)cc(N2CCN(C(=O)c3cc(-c4cccs4)on3)CC2)n1. The first-order valence-corrected chi connectivity index (χ1v) is 9.97. The van der Waals surface area contributed by atoms with Crippen molar-refractivity contribution in [3.05, 3.63) is 41.2 Å². The molecule has 0 spiro atoms. The molecule has 3 aromatic heterocycles. The predicted octanol–water partition coefficient (Wildman–Crippen LogP) is 2.53. The quantitative estimate of drug-likeness (QED) is 0.668. The van der Waals surface area contributed by atoms with Crippen LogP contribution in [0, 0.1) is 6.92 Å². The predicted molar refractivity (Wildman–Crippen MR) is 109 cm³/mol. The van der Waals surface area contributed by atoms with Crippen LogP contribution < -0.4 is 9.80 Å². The summed E-state index contributed by atoms with van der Waals surface area (Å²) in [5.41, 5.74) is 0.352. The van der Waals surface area contributed by atoms with Crippen molar-refractivity contribution in [3.8, 4) is 10.6 Å². The number of anilines is 2. The highest BCUT2D eigenvalue weighted by Crippen LogP contribution is 2.26. The summed E-state index contributed by atoms with van der Waals surface area (Å²) in [7, 11) is 3.93. The number of thiophene rings is 1. The van der Waals surface area contributed by atoms with Gasteiger partial charge in [0.1, 0.15) is 17.5 Å². The first-order valence-electron chi connectivity index (χ1n) is 9.09. The lowest BCUT2D eigenvalue weighted by Crippen LogP contribution is -2.49. The van der Waals surface area contributed by atoms with Crippen molar-refractivity contribution < 1.29 is 9.32 Å². The molecule has 3 aromatic rings. The second kappa shape index (κ2) is 7.59. The molecule has 0 saturated carbocycles. The number of hydrogen-bond acceptors (Lipinski definition) is 8. The third-order valence-corrected chi connectivity index (χ3v) is 5.54. The van der Waals surface area contributed by atoms with E-state index in [2.05, 4.69) is 20.0 Å². The number of nitrogens with zero attached hydrogens (tertiary/aromatic N) is 6. The Bertz CT molecular complexity index is 961. The Kier molecular flexibility index (Phi) is 4.99. The molecule has 1 aliphatic heterocycles. The van der Waals surface area contributed by atoms with E-state index in [9.17, 15) is 4.79 Å². The van der Waals surface area contributed by atoms with Gasteiger partial charge >= 0.3 is 0 Å². The van der Waals surface area contributed by atoms with E-state index in [1.165, 1.54) is 0 Å². The maximum atomic E-state index is 12.8. The Labute approximate surface area is 167 Å². The largest absolute Gasteiger partial charge is 0.363 e. The molecule has 1 fully saturated rings. The van der Waals surface area contributed by atoms with Crippen molar-refractivity contribution in [3.63, 3.8) is 0 Å². The van der Waals surface area contributed by atoms with Crippen LogP contribution >= 0.6 is 11.3 Å². The van der Waals surface area contributed by atoms with Gasteiger partial charge in [-0.15, -0.1) is 11.3 Å². The van der Waals surface area contributed by atoms with Crippen LogP contribution in [0.25, 0.3) is 10.6 Å². The Morgan fingerprint density at radius 2 is 1.96 bits per heavy atom. The maximum Gasteiger partial charge on any atom is 0.276 e. The second-order valence-electron chi connectivity index (χ2n) is 6.86. The van der Waals surface area contributed by atoms with E-state index in [4.69, 9.17) is 4.52 Å². The minimum absolute atomic E-state index is 0.0981. The molecule has 1 aliphatic rings. The molecule has 0 unspecified atom stereocenters. The molecule has 1 saturated heterocycles. The molecular formula is C19H22N6O2S. The van der Waals surface area contributed by atoms with Gasteiger partial charge in [0.15, 0.2) is 11.5 Å². The summed E-state index contributed by atoms with van der Waals surface area (Å²) in [5.74, 6) is 3.04. The van der Waals surface area contributed by atoms with Crippen molar-refractivity contribution in [2.45, 2.75) is 6.92 Å². The Morgan fingerprint density at radius 1 is 1.18 bits per heavy atom. The fraction of sp³-hybridized carbons (Fsp3) is 0.368. The van der Waals surface area contributed by atoms with Crippen LogP contribution in [-0.2, 0) is 0 Å². The summed E-state index contributed by atoms with van der Waals surface area (Å²) in [4.78, 5) is 28.7. The van der Waals surface area contributed by atoms with E-state index in [1.54, 1.807) is 17.4 Å². The van der Waals surface area contributed by atoms with Crippen molar-refractivity contribution in [1.82, 2.24) is 20.0 Å². The minimum atomic E-state index is -0.0981. The van der Waals surface area contributed by atoms with E-state index in [1.807, 2.05) is 54.4 Å². The van der Waals surface area contributed by atoms with Crippen LogP contribution in [0.1, 0.15) is 16.3 Å². The van der Waals surface area contributed by atoms with E-state index in [-0.39, 0.29) is 5.91 Å². The van der Waals surface area contributed by atoms with Gasteiger partial charge in [0.2, 0.25) is 0 Å². The summed E-state index contributed by atoms with van der Waals surface area (Å²) in [6, 6.07) is 7.59. The van der Waals surface area contributed by atoms with Gasteiger partial charge in [-0.2, -0.15) is 0 Å². The molecular weight excluding hydrogens is 376 g/mol. The molecule has 1 amide bonds. The summed E-state index contributed by atoms with van der Waals surface area (Å²) in [5, 5.41) is 5.94. The van der Waals surface area contributed by atoms with Gasteiger partial charge in [0.05, 0.1) is 4.88 Å². The number of aromatic nitrogens is 3. The number of rotatable bonds is 4.